The topological polar surface area (TPSA) is 18.5 Å². The molecule has 2 nitrogen and oxygen atoms in total. The van der Waals surface area contributed by atoms with Gasteiger partial charge in [0, 0.05) is 6.61 Å². The smallest absolute Gasteiger partial charge is 0.388 e. The Hall–Kier alpha value is -1.49. The second-order valence-corrected chi connectivity index (χ2v) is 9.11. The Balaban J connectivity index is 2.21. The lowest BCUT2D eigenvalue weighted by atomic mass is 10.2. The van der Waals surface area contributed by atoms with Crippen LogP contribution < -0.4 is 10.4 Å². The van der Waals surface area contributed by atoms with Crippen LogP contribution in [0.2, 0.25) is 0 Å². The molecule has 0 radical (unpaired) electrons. The van der Waals surface area contributed by atoms with Crippen LogP contribution in [0, 0.1) is 0 Å². The van der Waals surface area contributed by atoms with Crippen molar-refractivity contribution in [3.05, 3.63) is 60.7 Å². The first-order valence-corrected chi connectivity index (χ1v) is 11.1. The van der Waals surface area contributed by atoms with Gasteiger partial charge in [-0.15, -0.1) is 0 Å². The van der Waals surface area contributed by atoms with Gasteiger partial charge in [-0.25, -0.2) is 4.39 Å². The highest BCUT2D eigenvalue weighted by Gasteiger charge is 2.42. The Labute approximate surface area is 152 Å². The minimum absolute atomic E-state index is 0.0614. The molecule has 136 valence electrons. The molecular formula is C21H29FO2Si. The minimum Gasteiger partial charge on any atom is -0.388 e. The van der Waals surface area contributed by atoms with Gasteiger partial charge in [0.15, 0.2) is 0 Å². The Kier molecular flexibility index (Phi) is 8.87. The molecule has 0 fully saturated rings. The molecule has 25 heavy (non-hydrogen) atoms. The van der Waals surface area contributed by atoms with Crippen LogP contribution in [0.25, 0.3) is 0 Å². The summed E-state index contributed by atoms with van der Waals surface area (Å²) >= 11 is 0. The van der Waals surface area contributed by atoms with Crippen LogP contribution in [-0.4, -0.2) is 28.4 Å². The van der Waals surface area contributed by atoms with E-state index in [1.807, 2.05) is 60.7 Å². The fraction of sp³-hybridized carbons (Fsp3) is 0.429. The first kappa shape index (κ1) is 19.8. The average Bonchev–Trinajstić information content (AvgIpc) is 2.68. The Morgan fingerprint density at radius 2 is 1.24 bits per heavy atom. The summed E-state index contributed by atoms with van der Waals surface area (Å²) in [5, 5.41) is 2.06. The lowest BCUT2D eigenvalue weighted by Crippen LogP contribution is -2.63. The zero-order chi connectivity index (χ0) is 17.8. The summed E-state index contributed by atoms with van der Waals surface area (Å²) in [6, 6.07) is 20.1. The maximum atomic E-state index is 12.9. The zero-order valence-electron chi connectivity index (χ0n) is 15.1. The lowest BCUT2D eigenvalue weighted by molar-refractivity contribution is 0.175. The maximum Gasteiger partial charge on any atom is 0.407 e. The summed E-state index contributed by atoms with van der Waals surface area (Å²) in [5.74, 6) is 0. The van der Waals surface area contributed by atoms with Crippen molar-refractivity contribution in [3.8, 4) is 0 Å². The molecule has 2 aromatic rings. The maximum absolute atomic E-state index is 12.9. The number of hydrogen-bond donors (Lipinski definition) is 0. The van der Waals surface area contributed by atoms with Crippen LogP contribution in [0.4, 0.5) is 4.39 Å². The molecule has 2 rings (SSSR count). The molecule has 0 bridgehead atoms. The van der Waals surface area contributed by atoms with E-state index in [1.54, 1.807) is 0 Å². The molecule has 0 unspecified atom stereocenters. The number of alkyl halides is 1. The van der Waals surface area contributed by atoms with Crippen molar-refractivity contribution in [2.75, 3.05) is 19.9 Å². The molecule has 0 aliphatic heterocycles. The molecule has 0 aliphatic carbocycles. The number of benzene rings is 2. The first-order chi connectivity index (χ1) is 12.3. The summed E-state index contributed by atoms with van der Waals surface area (Å²) in [6.07, 6.45) is 5.89. The van der Waals surface area contributed by atoms with Crippen LogP contribution in [0.1, 0.15) is 39.0 Å². The van der Waals surface area contributed by atoms with Gasteiger partial charge in [-0.3, -0.25) is 0 Å². The van der Waals surface area contributed by atoms with E-state index in [2.05, 4.69) is 6.92 Å². The molecule has 0 saturated carbocycles. The van der Waals surface area contributed by atoms with Gasteiger partial charge < -0.3 is 8.85 Å². The summed E-state index contributed by atoms with van der Waals surface area (Å²) in [4.78, 5) is 0. The lowest BCUT2D eigenvalue weighted by Gasteiger charge is -2.31. The van der Waals surface area contributed by atoms with Crippen LogP contribution in [0.5, 0.6) is 0 Å². The third-order valence-electron chi connectivity index (χ3n) is 4.24. The predicted octanol–water partition coefficient (Wildman–Crippen LogP) is 4.22. The monoisotopic (exact) mass is 360 g/mol. The van der Waals surface area contributed by atoms with Crippen LogP contribution >= 0.6 is 0 Å². The van der Waals surface area contributed by atoms with Gasteiger partial charge in [0.25, 0.3) is 0 Å². The summed E-state index contributed by atoms with van der Waals surface area (Å²) in [5.41, 5.74) is 0. The van der Waals surface area contributed by atoms with E-state index in [0.717, 1.165) is 23.2 Å². The number of hydrogen-bond acceptors (Lipinski definition) is 2. The van der Waals surface area contributed by atoms with Gasteiger partial charge in [0.05, 0.1) is 6.61 Å². The van der Waals surface area contributed by atoms with Gasteiger partial charge in [-0.1, -0.05) is 93.3 Å². The van der Waals surface area contributed by atoms with Gasteiger partial charge in [-0.05, 0) is 16.8 Å². The summed E-state index contributed by atoms with van der Waals surface area (Å²) < 4.78 is 25.5. The van der Waals surface area contributed by atoms with E-state index in [1.165, 1.54) is 19.3 Å². The van der Waals surface area contributed by atoms with Gasteiger partial charge >= 0.3 is 8.56 Å². The van der Waals surface area contributed by atoms with E-state index < -0.39 is 15.2 Å². The van der Waals surface area contributed by atoms with Crippen molar-refractivity contribution in [2.24, 2.45) is 0 Å². The molecule has 0 aliphatic rings. The van der Waals surface area contributed by atoms with E-state index in [4.69, 9.17) is 8.85 Å². The van der Waals surface area contributed by atoms with E-state index in [-0.39, 0.29) is 6.61 Å². The van der Waals surface area contributed by atoms with Crippen molar-refractivity contribution in [2.45, 2.75) is 39.0 Å². The Bertz CT molecular complexity index is 537. The van der Waals surface area contributed by atoms with Crippen LogP contribution in [0.15, 0.2) is 60.7 Å². The molecule has 0 amide bonds. The van der Waals surface area contributed by atoms with Crippen molar-refractivity contribution in [1.29, 1.82) is 0 Å². The third kappa shape index (κ3) is 5.77. The van der Waals surface area contributed by atoms with Gasteiger partial charge in [-0.2, -0.15) is 0 Å². The average molecular weight is 361 g/mol. The molecule has 0 heterocycles. The highest BCUT2D eigenvalue weighted by molar-refractivity contribution is 6.92. The molecule has 0 saturated heterocycles. The van der Waals surface area contributed by atoms with Crippen LogP contribution in [0.3, 0.4) is 0 Å². The Morgan fingerprint density at radius 1 is 0.720 bits per heavy atom. The standard InChI is InChI=1S/C21H29FO2Si/c1-2-3-4-5-12-18-23-25(24-19-17-22,20-13-8-6-9-14-20)21-15-10-7-11-16-21/h6-11,13-16H,2-5,12,17-19H2,1H3. The zero-order valence-corrected chi connectivity index (χ0v) is 16.1. The van der Waals surface area contributed by atoms with E-state index in [0.29, 0.717) is 6.61 Å². The Morgan fingerprint density at radius 3 is 1.76 bits per heavy atom. The normalized spacial score (nSPS) is 11.6. The number of rotatable bonds is 12. The van der Waals surface area contributed by atoms with E-state index in [9.17, 15) is 4.39 Å². The van der Waals surface area contributed by atoms with Crippen LogP contribution in [-0.2, 0) is 8.85 Å². The molecule has 0 spiro atoms. The molecule has 4 heteroatoms. The SMILES string of the molecule is CCCCCCCO[Si](OCCF)(c1ccccc1)c1ccccc1. The molecule has 0 N–H and O–H groups in total. The van der Waals surface area contributed by atoms with Crippen molar-refractivity contribution >= 4 is 18.9 Å². The first-order valence-electron chi connectivity index (χ1n) is 9.28. The highest BCUT2D eigenvalue weighted by atomic mass is 28.4. The molecule has 2 aromatic carbocycles. The fourth-order valence-corrected chi connectivity index (χ4v) is 6.10. The number of halogens is 1. The van der Waals surface area contributed by atoms with Gasteiger partial charge in [0.1, 0.15) is 6.67 Å². The second kappa shape index (κ2) is 11.2. The third-order valence-corrected chi connectivity index (χ3v) is 7.65. The highest BCUT2D eigenvalue weighted by Crippen LogP contribution is 2.12. The van der Waals surface area contributed by atoms with E-state index >= 15 is 0 Å². The predicted molar refractivity (Wildman–Crippen MR) is 105 cm³/mol. The van der Waals surface area contributed by atoms with Crippen molar-refractivity contribution < 1.29 is 13.2 Å². The van der Waals surface area contributed by atoms with Gasteiger partial charge in [0.2, 0.25) is 0 Å². The van der Waals surface area contributed by atoms with Crippen molar-refractivity contribution in [1.82, 2.24) is 0 Å². The van der Waals surface area contributed by atoms with Crippen molar-refractivity contribution in [3.63, 3.8) is 0 Å². The molecular weight excluding hydrogens is 331 g/mol. The quantitative estimate of drug-likeness (QED) is 0.417. The second-order valence-electron chi connectivity index (χ2n) is 6.15. The largest absolute Gasteiger partial charge is 0.407 e. The molecule has 0 aromatic heterocycles. The summed E-state index contributed by atoms with van der Waals surface area (Å²) in [6.45, 7) is 2.41. The fourth-order valence-electron chi connectivity index (χ4n) is 2.96. The minimum atomic E-state index is -2.88. The molecule has 0 atom stereocenters. The summed E-state index contributed by atoms with van der Waals surface area (Å²) in [7, 11) is -2.88. The number of unbranched alkanes of at least 4 members (excludes halogenated alkanes) is 4.